The molecule has 4 rings (SSSR count). The summed E-state index contributed by atoms with van der Waals surface area (Å²) in [6.45, 7) is 2.17. The Bertz CT molecular complexity index is 1020. The zero-order valence-corrected chi connectivity index (χ0v) is 15.5. The van der Waals surface area contributed by atoms with Crippen LogP contribution in [0.2, 0.25) is 0 Å². The van der Waals surface area contributed by atoms with Crippen LogP contribution in [0.3, 0.4) is 0 Å². The maximum Gasteiger partial charge on any atom is 0.300 e. The lowest BCUT2D eigenvalue weighted by atomic mass is 9.88. The number of hydrogen-bond donors (Lipinski definition) is 4. The minimum Gasteiger partial charge on any atom is -0.481 e. The fourth-order valence-electron chi connectivity index (χ4n) is 3.06. The summed E-state index contributed by atoms with van der Waals surface area (Å²) in [5.41, 5.74) is 1.80. The van der Waals surface area contributed by atoms with Crippen molar-refractivity contribution in [3.8, 4) is 0 Å². The highest BCUT2D eigenvalue weighted by Gasteiger charge is 2.23. The normalized spacial score (nSPS) is 17.0. The van der Waals surface area contributed by atoms with Crippen LogP contribution in [-0.4, -0.2) is 38.5 Å². The lowest BCUT2D eigenvalue weighted by Gasteiger charge is -2.23. The summed E-state index contributed by atoms with van der Waals surface area (Å²) in [7, 11) is 0. The van der Waals surface area contributed by atoms with Gasteiger partial charge in [-0.25, -0.2) is 0 Å². The summed E-state index contributed by atoms with van der Waals surface area (Å²) in [5, 5.41) is 39.4. The molecular formula is C22H22O6. The molecule has 4 N–H and O–H groups in total. The standard InChI is InChI=1S/C18H14O2.2C2H4O2/c19-17-10-9-15-14-6-5-11-3-1-2-4-12(11)13(14)7-8-16(15)18(17)20;2*1-2(3)4/h1-10,17-20H;2*1H3,(H,3,4)/t17-,18-;;/m1../s1. The summed E-state index contributed by atoms with van der Waals surface area (Å²) in [6, 6.07) is 16.4. The van der Waals surface area contributed by atoms with Gasteiger partial charge in [-0.3, -0.25) is 9.59 Å². The van der Waals surface area contributed by atoms with Gasteiger partial charge in [0.1, 0.15) is 12.2 Å². The van der Waals surface area contributed by atoms with Crippen LogP contribution in [0.15, 0.2) is 54.6 Å². The van der Waals surface area contributed by atoms with Gasteiger partial charge in [0.05, 0.1) is 0 Å². The number of carboxylic acid groups (broad SMARTS) is 2. The van der Waals surface area contributed by atoms with Crippen molar-refractivity contribution in [3.63, 3.8) is 0 Å². The largest absolute Gasteiger partial charge is 0.481 e. The maximum absolute atomic E-state index is 10.1. The molecule has 0 fully saturated rings. The summed E-state index contributed by atoms with van der Waals surface area (Å²) in [5.74, 6) is -1.67. The fourth-order valence-corrected chi connectivity index (χ4v) is 3.06. The SMILES string of the molecule is CC(=O)O.CC(=O)O.O[C@@H]1C=Cc2c(ccc3c2ccc2ccccc23)[C@H]1O. The van der Waals surface area contributed by atoms with Crippen molar-refractivity contribution in [3.05, 3.63) is 65.7 Å². The van der Waals surface area contributed by atoms with E-state index >= 15 is 0 Å². The molecule has 3 aromatic rings. The second-order valence-corrected chi connectivity index (χ2v) is 6.28. The molecule has 0 bridgehead atoms. The molecule has 1 aliphatic carbocycles. The number of carboxylic acids is 2. The monoisotopic (exact) mass is 382 g/mol. The fraction of sp³-hybridized carbons (Fsp3) is 0.182. The van der Waals surface area contributed by atoms with Gasteiger partial charge in [-0.1, -0.05) is 60.7 Å². The quantitative estimate of drug-likeness (QED) is 0.442. The maximum atomic E-state index is 10.1. The molecule has 146 valence electrons. The number of benzene rings is 3. The molecule has 0 amide bonds. The average molecular weight is 382 g/mol. The predicted molar refractivity (Wildman–Crippen MR) is 108 cm³/mol. The number of hydrogen-bond acceptors (Lipinski definition) is 4. The van der Waals surface area contributed by atoms with Crippen LogP contribution in [0.4, 0.5) is 0 Å². The number of aliphatic carboxylic acids is 2. The molecule has 0 spiro atoms. The van der Waals surface area contributed by atoms with Gasteiger partial charge in [-0.2, -0.15) is 0 Å². The number of aliphatic hydroxyl groups excluding tert-OH is 2. The summed E-state index contributed by atoms with van der Waals surface area (Å²) < 4.78 is 0. The highest BCUT2D eigenvalue weighted by atomic mass is 16.4. The van der Waals surface area contributed by atoms with Gasteiger partial charge in [-0.15, -0.1) is 0 Å². The first kappa shape index (κ1) is 21.1. The second-order valence-electron chi connectivity index (χ2n) is 6.28. The van der Waals surface area contributed by atoms with Crippen LogP contribution in [0.5, 0.6) is 0 Å². The summed E-state index contributed by atoms with van der Waals surface area (Å²) >= 11 is 0. The Morgan fingerprint density at radius 3 is 2.00 bits per heavy atom. The number of fused-ring (bicyclic) bond motifs is 5. The topological polar surface area (TPSA) is 115 Å². The van der Waals surface area contributed by atoms with E-state index in [1.807, 2.05) is 30.3 Å². The van der Waals surface area contributed by atoms with Gasteiger partial charge in [-0.05, 0) is 32.7 Å². The van der Waals surface area contributed by atoms with Gasteiger partial charge in [0, 0.05) is 13.8 Å². The lowest BCUT2D eigenvalue weighted by molar-refractivity contribution is -0.135. The number of carbonyl (C=O) groups is 2. The second kappa shape index (κ2) is 9.12. The first-order chi connectivity index (χ1) is 13.2. The van der Waals surface area contributed by atoms with Crippen molar-refractivity contribution in [1.29, 1.82) is 0 Å². The summed E-state index contributed by atoms with van der Waals surface area (Å²) in [6.07, 6.45) is 1.90. The molecule has 6 nitrogen and oxygen atoms in total. The molecule has 0 saturated carbocycles. The number of rotatable bonds is 0. The smallest absolute Gasteiger partial charge is 0.300 e. The third-order valence-corrected chi connectivity index (χ3v) is 4.10. The summed E-state index contributed by atoms with van der Waals surface area (Å²) in [4.78, 5) is 18.0. The van der Waals surface area contributed by atoms with Crippen molar-refractivity contribution in [1.82, 2.24) is 0 Å². The zero-order valence-electron chi connectivity index (χ0n) is 15.5. The zero-order chi connectivity index (χ0) is 20.8. The van der Waals surface area contributed by atoms with Crippen molar-refractivity contribution >= 4 is 39.6 Å². The Morgan fingerprint density at radius 2 is 1.36 bits per heavy atom. The van der Waals surface area contributed by atoms with Crippen molar-refractivity contribution in [2.45, 2.75) is 26.1 Å². The van der Waals surface area contributed by atoms with E-state index in [1.165, 1.54) is 16.2 Å². The van der Waals surface area contributed by atoms with E-state index in [0.717, 1.165) is 30.4 Å². The molecule has 2 atom stereocenters. The van der Waals surface area contributed by atoms with E-state index in [2.05, 4.69) is 24.3 Å². The molecule has 0 radical (unpaired) electrons. The van der Waals surface area contributed by atoms with Crippen LogP contribution in [-0.2, 0) is 9.59 Å². The van der Waals surface area contributed by atoms with E-state index in [9.17, 15) is 10.2 Å². The van der Waals surface area contributed by atoms with Crippen molar-refractivity contribution < 1.29 is 30.0 Å². The third-order valence-electron chi connectivity index (χ3n) is 4.10. The van der Waals surface area contributed by atoms with E-state index in [1.54, 1.807) is 6.08 Å². The van der Waals surface area contributed by atoms with Crippen LogP contribution in [0.25, 0.3) is 27.6 Å². The Morgan fingerprint density at radius 1 is 0.786 bits per heavy atom. The van der Waals surface area contributed by atoms with Crippen LogP contribution in [0, 0.1) is 0 Å². The molecule has 1 aliphatic rings. The van der Waals surface area contributed by atoms with E-state index < -0.39 is 24.1 Å². The molecular weight excluding hydrogens is 360 g/mol. The van der Waals surface area contributed by atoms with Crippen molar-refractivity contribution in [2.24, 2.45) is 0 Å². The van der Waals surface area contributed by atoms with Crippen molar-refractivity contribution in [2.75, 3.05) is 0 Å². The van der Waals surface area contributed by atoms with E-state index in [-0.39, 0.29) is 0 Å². The molecule has 28 heavy (non-hydrogen) atoms. The van der Waals surface area contributed by atoms with Gasteiger partial charge < -0.3 is 20.4 Å². The Labute approximate surface area is 162 Å². The van der Waals surface area contributed by atoms with Crippen LogP contribution < -0.4 is 0 Å². The van der Waals surface area contributed by atoms with Gasteiger partial charge in [0.2, 0.25) is 0 Å². The molecule has 6 heteroatoms. The molecule has 0 unspecified atom stereocenters. The molecule has 0 saturated heterocycles. The minimum atomic E-state index is -0.842. The molecule has 0 aromatic heterocycles. The first-order valence-corrected chi connectivity index (χ1v) is 8.60. The van der Waals surface area contributed by atoms with Gasteiger partial charge in [0.15, 0.2) is 0 Å². The van der Waals surface area contributed by atoms with Crippen LogP contribution in [0.1, 0.15) is 31.1 Å². The molecule has 0 heterocycles. The highest BCUT2D eigenvalue weighted by molar-refractivity contribution is 6.10. The molecule has 0 aliphatic heterocycles. The minimum absolute atomic E-state index is 0.794. The van der Waals surface area contributed by atoms with Gasteiger partial charge >= 0.3 is 0 Å². The molecule has 3 aromatic carbocycles. The lowest BCUT2D eigenvalue weighted by Crippen LogP contribution is -2.19. The number of aliphatic hydroxyl groups is 2. The van der Waals surface area contributed by atoms with Crippen LogP contribution >= 0.6 is 0 Å². The predicted octanol–water partition coefficient (Wildman–Crippen LogP) is 3.60. The highest BCUT2D eigenvalue weighted by Crippen LogP contribution is 2.36. The Balaban J connectivity index is 0.000000302. The van der Waals surface area contributed by atoms with Gasteiger partial charge in [0.25, 0.3) is 11.9 Å². The Hall–Kier alpha value is -3.22. The van der Waals surface area contributed by atoms with E-state index in [0.29, 0.717) is 0 Å². The van der Waals surface area contributed by atoms with E-state index in [4.69, 9.17) is 19.8 Å². The Kier molecular flexibility index (Phi) is 6.87. The first-order valence-electron chi connectivity index (χ1n) is 8.60. The third kappa shape index (κ3) is 4.94. The average Bonchev–Trinajstić information content (AvgIpc) is 2.63.